The van der Waals surface area contributed by atoms with Crippen molar-refractivity contribution in [2.24, 2.45) is 11.3 Å². The van der Waals surface area contributed by atoms with E-state index in [-0.39, 0.29) is 17.7 Å². The van der Waals surface area contributed by atoms with Crippen molar-refractivity contribution in [2.75, 3.05) is 31.6 Å². The number of rotatable bonds is 3. The molecule has 0 unspecified atom stereocenters. The number of carbonyl (C=O) groups excluding carboxylic acids is 2. The summed E-state index contributed by atoms with van der Waals surface area (Å²) in [5, 5.41) is 2.91. The average molecular weight is 393 g/mol. The lowest BCUT2D eigenvalue weighted by Crippen LogP contribution is -2.52. The second-order valence-electron chi connectivity index (χ2n) is 7.24. The first-order chi connectivity index (χ1) is 11.6. The standard InChI is InChI=1S/C18H21BrN2O3/c19-15-9-13(20-16(22)12-1-2-12)3-4-14(15)17(23)21-7-5-18(6-8-21)10-24-11-18/h3-4,9,12H,1-2,5-8,10-11H2,(H,20,22). The molecular formula is C18H21BrN2O3. The zero-order valence-corrected chi connectivity index (χ0v) is 15.1. The first-order valence-corrected chi connectivity index (χ1v) is 9.33. The summed E-state index contributed by atoms with van der Waals surface area (Å²) in [7, 11) is 0. The van der Waals surface area contributed by atoms with E-state index in [1.807, 2.05) is 17.0 Å². The van der Waals surface area contributed by atoms with Crippen molar-refractivity contribution in [3.63, 3.8) is 0 Å². The number of carbonyl (C=O) groups is 2. The Morgan fingerprint density at radius 2 is 1.92 bits per heavy atom. The van der Waals surface area contributed by atoms with Crippen molar-refractivity contribution in [3.05, 3.63) is 28.2 Å². The SMILES string of the molecule is O=C(Nc1ccc(C(=O)N2CCC3(CC2)COC3)c(Br)c1)C1CC1. The third-order valence-electron chi connectivity index (χ3n) is 5.34. The summed E-state index contributed by atoms with van der Waals surface area (Å²) < 4.78 is 6.07. The minimum atomic E-state index is 0.0528. The van der Waals surface area contributed by atoms with Crippen LogP contribution < -0.4 is 5.32 Å². The number of anilines is 1. The van der Waals surface area contributed by atoms with Gasteiger partial charge in [0.1, 0.15) is 0 Å². The number of nitrogens with one attached hydrogen (secondary N) is 1. The predicted molar refractivity (Wildman–Crippen MR) is 93.9 cm³/mol. The lowest BCUT2D eigenvalue weighted by molar-refractivity contribution is -0.136. The summed E-state index contributed by atoms with van der Waals surface area (Å²) in [5.74, 6) is 0.295. The van der Waals surface area contributed by atoms with Gasteiger partial charge >= 0.3 is 0 Å². The van der Waals surface area contributed by atoms with Crippen LogP contribution in [0.1, 0.15) is 36.0 Å². The van der Waals surface area contributed by atoms with Crippen LogP contribution in [0.4, 0.5) is 5.69 Å². The van der Waals surface area contributed by atoms with Crippen molar-refractivity contribution in [3.8, 4) is 0 Å². The topological polar surface area (TPSA) is 58.6 Å². The molecule has 3 aliphatic rings. The van der Waals surface area contributed by atoms with E-state index in [2.05, 4.69) is 21.2 Å². The molecule has 6 heteroatoms. The summed E-state index contributed by atoms with van der Waals surface area (Å²) in [6.07, 6.45) is 3.99. The fourth-order valence-electron chi connectivity index (χ4n) is 3.39. The molecule has 1 aliphatic carbocycles. The Bertz CT molecular complexity index is 673. The van der Waals surface area contributed by atoms with Crippen LogP contribution in [0.25, 0.3) is 0 Å². The third kappa shape index (κ3) is 3.09. The van der Waals surface area contributed by atoms with E-state index in [9.17, 15) is 9.59 Å². The van der Waals surface area contributed by atoms with Crippen LogP contribution in [0.3, 0.4) is 0 Å². The molecule has 2 heterocycles. The van der Waals surface area contributed by atoms with Crippen molar-refractivity contribution >= 4 is 33.4 Å². The maximum Gasteiger partial charge on any atom is 0.255 e. The van der Waals surface area contributed by atoms with Crippen LogP contribution in [-0.4, -0.2) is 43.0 Å². The third-order valence-corrected chi connectivity index (χ3v) is 6.00. The van der Waals surface area contributed by atoms with E-state index >= 15 is 0 Å². The highest BCUT2D eigenvalue weighted by molar-refractivity contribution is 9.10. The van der Waals surface area contributed by atoms with Crippen LogP contribution in [0.5, 0.6) is 0 Å². The van der Waals surface area contributed by atoms with Crippen LogP contribution in [-0.2, 0) is 9.53 Å². The number of benzene rings is 1. The van der Waals surface area contributed by atoms with Crippen molar-refractivity contribution in [1.82, 2.24) is 4.90 Å². The number of nitrogens with zero attached hydrogens (tertiary/aromatic N) is 1. The maximum atomic E-state index is 12.8. The van der Waals surface area contributed by atoms with E-state index < -0.39 is 0 Å². The fourth-order valence-corrected chi connectivity index (χ4v) is 3.94. The fraction of sp³-hybridized carbons (Fsp3) is 0.556. The minimum absolute atomic E-state index is 0.0528. The normalized spacial score (nSPS) is 22.1. The molecule has 2 saturated heterocycles. The zero-order chi connectivity index (χ0) is 16.7. The van der Waals surface area contributed by atoms with Gasteiger partial charge in [0.25, 0.3) is 5.91 Å². The van der Waals surface area contributed by atoms with E-state index in [1.165, 1.54) is 0 Å². The number of ether oxygens (including phenoxy) is 1. The van der Waals surface area contributed by atoms with Gasteiger partial charge in [0.15, 0.2) is 0 Å². The Balaban J connectivity index is 1.41. The molecule has 1 aromatic carbocycles. The number of hydrogen-bond acceptors (Lipinski definition) is 3. The molecule has 5 nitrogen and oxygen atoms in total. The summed E-state index contributed by atoms with van der Waals surface area (Å²) in [6, 6.07) is 5.42. The monoisotopic (exact) mass is 392 g/mol. The van der Waals surface area contributed by atoms with Gasteiger partial charge in [0, 0.05) is 34.6 Å². The highest BCUT2D eigenvalue weighted by Gasteiger charge is 2.42. The van der Waals surface area contributed by atoms with E-state index in [0.717, 1.165) is 62.1 Å². The van der Waals surface area contributed by atoms with Gasteiger partial charge in [-0.2, -0.15) is 0 Å². The molecule has 0 bridgehead atoms. The molecule has 1 saturated carbocycles. The van der Waals surface area contributed by atoms with E-state index in [0.29, 0.717) is 11.0 Å². The Morgan fingerprint density at radius 3 is 2.46 bits per heavy atom. The number of amides is 2. The quantitative estimate of drug-likeness (QED) is 0.859. The van der Waals surface area contributed by atoms with Crippen molar-refractivity contribution < 1.29 is 14.3 Å². The molecule has 1 N–H and O–H groups in total. The molecular weight excluding hydrogens is 372 g/mol. The number of piperidine rings is 1. The molecule has 0 aromatic heterocycles. The summed E-state index contributed by atoms with van der Waals surface area (Å²) >= 11 is 3.49. The first-order valence-electron chi connectivity index (χ1n) is 8.54. The molecule has 0 radical (unpaired) electrons. The van der Waals surface area contributed by atoms with Gasteiger partial charge in [-0.1, -0.05) is 0 Å². The average Bonchev–Trinajstić information content (AvgIpc) is 3.38. The van der Waals surface area contributed by atoms with E-state index in [1.54, 1.807) is 6.07 Å². The Morgan fingerprint density at radius 1 is 1.21 bits per heavy atom. The Hall–Kier alpha value is -1.40. The highest BCUT2D eigenvalue weighted by atomic mass is 79.9. The number of hydrogen-bond donors (Lipinski definition) is 1. The molecule has 128 valence electrons. The van der Waals surface area contributed by atoms with Crippen LogP contribution in [0, 0.1) is 11.3 Å². The molecule has 4 rings (SSSR count). The van der Waals surface area contributed by atoms with Crippen molar-refractivity contribution in [1.29, 1.82) is 0 Å². The second kappa shape index (κ2) is 6.15. The number of halogens is 1. The van der Waals surface area contributed by atoms with Gasteiger partial charge in [0.2, 0.25) is 5.91 Å². The van der Waals surface area contributed by atoms with Crippen molar-refractivity contribution in [2.45, 2.75) is 25.7 Å². The molecule has 1 aromatic rings. The van der Waals surface area contributed by atoms with Gasteiger partial charge in [-0.25, -0.2) is 0 Å². The van der Waals surface area contributed by atoms with Crippen LogP contribution >= 0.6 is 15.9 Å². The molecule has 0 atom stereocenters. The smallest absolute Gasteiger partial charge is 0.255 e. The molecule has 3 fully saturated rings. The van der Waals surface area contributed by atoms with Gasteiger partial charge in [0.05, 0.1) is 18.8 Å². The first kappa shape index (κ1) is 16.1. The Labute approximate surface area is 149 Å². The van der Waals surface area contributed by atoms with Crippen LogP contribution in [0.15, 0.2) is 22.7 Å². The van der Waals surface area contributed by atoms with Gasteiger partial charge in [-0.15, -0.1) is 0 Å². The lowest BCUT2D eigenvalue weighted by Gasteiger charge is -2.47. The van der Waals surface area contributed by atoms with Gasteiger partial charge in [-0.05, 0) is 59.8 Å². The highest BCUT2D eigenvalue weighted by Crippen LogP contribution is 2.39. The van der Waals surface area contributed by atoms with Crippen LogP contribution in [0.2, 0.25) is 0 Å². The Kier molecular flexibility index (Phi) is 4.12. The number of likely N-dealkylation sites (tertiary alicyclic amines) is 1. The summed E-state index contributed by atoms with van der Waals surface area (Å²) in [4.78, 5) is 26.5. The zero-order valence-electron chi connectivity index (χ0n) is 13.5. The lowest BCUT2D eigenvalue weighted by atomic mass is 9.77. The van der Waals surface area contributed by atoms with Gasteiger partial charge < -0.3 is 15.0 Å². The maximum absolute atomic E-state index is 12.8. The predicted octanol–water partition coefficient (Wildman–Crippen LogP) is 3.05. The molecule has 2 aliphatic heterocycles. The second-order valence-corrected chi connectivity index (χ2v) is 8.10. The summed E-state index contributed by atoms with van der Waals surface area (Å²) in [6.45, 7) is 3.26. The molecule has 1 spiro atoms. The van der Waals surface area contributed by atoms with E-state index in [4.69, 9.17) is 4.74 Å². The van der Waals surface area contributed by atoms with Gasteiger partial charge in [-0.3, -0.25) is 9.59 Å². The molecule has 24 heavy (non-hydrogen) atoms. The molecule has 2 amide bonds. The minimum Gasteiger partial charge on any atom is -0.380 e. The summed E-state index contributed by atoms with van der Waals surface area (Å²) in [5.41, 5.74) is 1.71. The largest absolute Gasteiger partial charge is 0.380 e.